The Labute approximate surface area is 169 Å². The molecule has 0 atom stereocenters. The average Bonchev–Trinajstić information content (AvgIpc) is 3.23. The van der Waals surface area contributed by atoms with Crippen molar-refractivity contribution in [1.29, 1.82) is 0 Å². The maximum atomic E-state index is 13.2. The number of benzene rings is 1. The number of carbonyl (C=O) groups is 1. The molecule has 0 saturated carbocycles. The van der Waals surface area contributed by atoms with Crippen molar-refractivity contribution in [3.05, 3.63) is 68.1 Å². The molecule has 0 aliphatic heterocycles. The molecular formula is C22H26N2OS2. The molecule has 27 heavy (non-hydrogen) atoms. The molecule has 0 bridgehead atoms. The zero-order valence-electron chi connectivity index (χ0n) is 16.7. The van der Waals surface area contributed by atoms with Crippen LogP contribution in [0.4, 0.5) is 5.69 Å². The predicted molar refractivity (Wildman–Crippen MR) is 115 cm³/mol. The van der Waals surface area contributed by atoms with Gasteiger partial charge in [-0.3, -0.25) is 9.36 Å². The molecule has 0 unspecified atom stereocenters. The van der Waals surface area contributed by atoms with Gasteiger partial charge in [-0.15, -0.1) is 22.7 Å². The Morgan fingerprint density at radius 2 is 1.59 bits per heavy atom. The second-order valence-electron chi connectivity index (χ2n) is 8.68. The number of nitrogens with zero attached hydrogens (tertiary/aromatic N) is 2. The maximum absolute atomic E-state index is 13.2. The van der Waals surface area contributed by atoms with Gasteiger partial charge < -0.3 is 0 Å². The summed E-state index contributed by atoms with van der Waals surface area (Å²) in [6, 6.07) is 12.1. The smallest absolute Gasteiger partial charge is 0.267 e. The second-order valence-corrected chi connectivity index (χ2v) is 10.5. The summed E-state index contributed by atoms with van der Waals surface area (Å²) < 4.78 is 1.77. The van der Waals surface area contributed by atoms with E-state index in [-0.39, 0.29) is 16.7 Å². The number of thiazole rings is 1. The van der Waals surface area contributed by atoms with Crippen LogP contribution in [-0.4, -0.2) is 10.5 Å². The molecule has 3 rings (SSSR count). The van der Waals surface area contributed by atoms with Crippen LogP contribution in [0.25, 0.3) is 0 Å². The third-order valence-corrected chi connectivity index (χ3v) is 6.05. The lowest BCUT2D eigenvalue weighted by Gasteiger charge is -2.20. The molecule has 1 aromatic carbocycles. The SMILES string of the molecule is CC(C)(C)c1ccc(N=c2scc(C(C)(C)C)n2C(=O)c2cccs2)cc1. The van der Waals surface area contributed by atoms with E-state index >= 15 is 0 Å². The molecule has 2 aromatic heterocycles. The third kappa shape index (κ3) is 4.30. The molecule has 2 heterocycles. The number of thiophene rings is 1. The first-order valence-electron chi connectivity index (χ1n) is 9.02. The van der Waals surface area contributed by atoms with E-state index in [1.54, 1.807) is 4.57 Å². The molecule has 0 saturated heterocycles. The summed E-state index contributed by atoms with van der Waals surface area (Å²) in [5.41, 5.74) is 3.07. The normalized spacial score (nSPS) is 13.2. The van der Waals surface area contributed by atoms with E-state index in [1.807, 2.05) is 35.0 Å². The number of hydrogen-bond acceptors (Lipinski definition) is 4. The minimum atomic E-state index is -0.146. The van der Waals surface area contributed by atoms with Crippen molar-refractivity contribution in [3.8, 4) is 0 Å². The minimum absolute atomic E-state index is 0.0127. The first-order valence-corrected chi connectivity index (χ1v) is 10.8. The first kappa shape index (κ1) is 19.8. The second kappa shape index (κ2) is 7.21. The van der Waals surface area contributed by atoms with Gasteiger partial charge in [0.05, 0.1) is 10.6 Å². The maximum Gasteiger partial charge on any atom is 0.274 e. The van der Waals surface area contributed by atoms with Gasteiger partial charge in [0.15, 0.2) is 4.80 Å². The highest BCUT2D eigenvalue weighted by Crippen LogP contribution is 2.26. The van der Waals surface area contributed by atoms with E-state index in [4.69, 9.17) is 4.99 Å². The predicted octanol–water partition coefficient (Wildman–Crippen LogP) is 6.13. The highest BCUT2D eigenvalue weighted by molar-refractivity contribution is 7.12. The fourth-order valence-corrected chi connectivity index (χ4v) is 4.53. The zero-order chi connectivity index (χ0) is 19.8. The third-order valence-electron chi connectivity index (χ3n) is 4.37. The number of hydrogen-bond donors (Lipinski definition) is 0. The summed E-state index contributed by atoms with van der Waals surface area (Å²) in [7, 11) is 0. The minimum Gasteiger partial charge on any atom is -0.267 e. The van der Waals surface area contributed by atoms with Crippen molar-refractivity contribution in [3.63, 3.8) is 0 Å². The highest BCUT2D eigenvalue weighted by Gasteiger charge is 2.24. The molecule has 142 valence electrons. The Kier molecular flexibility index (Phi) is 5.28. The van der Waals surface area contributed by atoms with Crippen LogP contribution in [-0.2, 0) is 10.8 Å². The average molecular weight is 399 g/mol. The summed E-state index contributed by atoms with van der Waals surface area (Å²) in [5, 5.41) is 3.98. The van der Waals surface area contributed by atoms with Gasteiger partial charge in [-0.1, -0.05) is 59.7 Å². The lowest BCUT2D eigenvalue weighted by molar-refractivity contribution is 0.0954. The van der Waals surface area contributed by atoms with Crippen LogP contribution in [0.3, 0.4) is 0 Å². The Balaban J connectivity index is 2.12. The lowest BCUT2D eigenvalue weighted by Crippen LogP contribution is -2.29. The molecule has 0 fully saturated rings. The van der Waals surface area contributed by atoms with Gasteiger partial charge in [-0.2, -0.15) is 0 Å². The first-order chi connectivity index (χ1) is 12.6. The number of aromatic nitrogens is 1. The molecule has 0 aliphatic rings. The van der Waals surface area contributed by atoms with Crippen molar-refractivity contribution in [2.45, 2.75) is 52.4 Å². The Bertz CT molecular complexity index is 993. The van der Waals surface area contributed by atoms with Crippen LogP contribution in [0.5, 0.6) is 0 Å². The quantitative estimate of drug-likeness (QED) is 0.511. The molecular weight excluding hydrogens is 372 g/mol. The van der Waals surface area contributed by atoms with Crippen molar-refractivity contribution in [1.82, 2.24) is 4.57 Å². The van der Waals surface area contributed by atoms with Crippen LogP contribution < -0.4 is 4.80 Å². The molecule has 5 heteroatoms. The molecule has 3 nitrogen and oxygen atoms in total. The standard InChI is InChI=1S/C22H26N2OS2/c1-21(2,3)15-9-11-16(12-10-15)23-20-24(18(14-27-20)22(4,5)6)19(25)17-8-7-13-26-17/h7-14H,1-6H3. The van der Waals surface area contributed by atoms with Crippen molar-refractivity contribution < 1.29 is 4.79 Å². The van der Waals surface area contributed by atoms with Crippen LogP contribution in [0.1, 0.15) is 62.5 Å². The lowest BCUT2D eigenvalue weighted by atomic mass is 9.87. The topological polar surface area (TPSA) is 34.4 Å². The van der Waals surface area contributed by atoms with E-state index in [2.05, 4.69) is 53.7 Å². The number of rotatable bonds is 2. The molecule has 3 aromatic rings. The fourth-order valence-electron chi connectivity index (χ4n) is 2.76. The molecule has 0 N–H and O–H groups in total. The van der Waals surface area contributed by atoms with Crippen LogP contribution >= 0.6 is 22.7 Å². The van der Waals surface area contributed by atoms with Gasteiger partial charge in [0.1, 0.15) is 0 Å². The van der Waals surface area contributed by atoms with Gasteiger partial charge in [-0.05, 0) is 34.6 Å². The highest BCUT2D eigenvalue weighted by atomic mass is 32.1. The Morgan fingerprint density at radius 1 is 0.926 bits per heavy atom. The van der Waals surface area contributed by atoms with E-state index < -0.39 is 0 Å². The van der Waals surface area contributed by atoms with Crippen LogP contribution in [0.2, 0.25) is 0 Å². The van der Waals surface area contributed by atoms with Gasteiger partial charge in [0.2, 0.25) is 0 Å². The van der Waals surface area contributed by atoms with Gasteiger partial charge in [-0.25, -0.2) is 4.99 Å². The largest absolute Gasteiger partial charge is 0.274 e. The van der Waals surface area contributed by atoms with Crippen molar-refractivity contribution in [2.75, 3.05) is 0 Å². The molecule has 0 amide bonds. The van der Waals surface area contributed by atoms with E-state index in [1.165, 1.54) is 28.2 Å². The van der Waals surface area contributed by atoms with Crippen LogP contribution in [0.15, 0.2) is 52.2 Å². The summed E-state index contributed by atoms with van der Waals surface area (Å²) in [5.74, 6) is -0.0127. The molecule has 0 radical (unpaired) electrons. The van der Waals surface area contributed by atoms with E-state index in [0.29, 0.717) is 4.80 Å². The van der Waals surface area contributed by atoms with Crippen molar-refractivity contribution >= 4 is 34.3 Å². The Morgan fingerprint density at radius 3 is 2.11 bits per heavy atom. The number of carbonyl (C=O) groups excluding carboxylic acids is 1. The van der Waals surface area contributed by atoms with Crippen LogP contribution in [0, 0.1) is 0 Å². The van der Waals surface area contributed by atoms with Gasteiger partial charge in [0, 0.05) is 16.5 Å². The monoisotopic (exact) mass is 398 g/mol. The van der Waals surface area contributed by atoms with Crippen molar-refractivity contribution in [2.24, 2.45) is 4.99 Å². The van der Waals surface area contributed by atoms with Gasteiger partial charge in [0.25, 0.3) is 5.91 Å². The summed E-state index contributed by atoms with van der Waals surface area (Å²) >= 11 is 2.97. The summed E-state index contributed by atoms with van der Waals surface area (Å²) in [4.78, 5) is 19.4. The van der Waals surface area contributed by atoms with E-state index in [9.17, 15) is 4.79 Å². The molecule has 0 spiro atoms. The van der Waals surface area contributed by atoms with E-state index in [0.717, 1.165) is 16.3 Å². The Hall–Kier alpha value is -1.98. The van der Waals surface area contributed by atoms with Gasteiger partial charge >= 0.3 is 0 Å². The summed E-state index contributed by atoms with van der Waals surface area (Å²) in [6.07, 6.45) is 0. The fraction of sp³-hybridized carbons (Fsp3) is 0.364. The summed E-state index contributed by atoms with van der Waals surface area (Å²) in [6.45, 7) is 12.9. The molecule has 0 aliphatic carbocycles. The zero-order valence-corrected chi connectivity index (χ0v) is 18.4.